The molecule has 2 fully saturated rings. The van der Waals surface area contributed by atoms with Crippen LogP contribution in [-0.4, -0.2) is 121 Å². The van der Waals surface area contributed by atoms with Crippen LogP contribution in [-0.2, 0) is 29.8 Å². The third-order valence-corrected chi connectivity index (χ3v) is 14.0. The monoisotopic (exact) mass is 1110 g/mol. The van der Waals surface area contributed by atoms with Crippen LogP contribution in [0.4, 0.5) is 20.4 Å². The summed E-state index contributed by atoms with van der Waals surface area (Å²) in [5.74, 6) is -3.84. The minimum absolute atomic E-state index is 0.00392. The van der Waals surface area contributed by atoms with Gasteiger partial charge in [0.1, 0.15) is 17.2 Å². The Morgan fingerprint density at radius 1 is 0.731 bits per heavy atom. The highest BCUT2D eigenvalue weighted by Gasteiger charge is 2.34. The van der Waals surface area contributed by atoms with Crippen molar-refractivity contribution in [1.29, 1.82) is 0 Å². The number of aromatic nitrogens is 8. The summed E-state index contributed by atoms with van der Waals surface area (Å²) in [6, 6.07) is 7.52. The molecule has 8 rings (SSSR count). The van der Waals surface area contributed by atoms with Crippen LogP contribution in [0, 0.1) is 11.6 Å². The normalized spacial score (nSPS) is 15.8. The molecule has 2 saturated heterocycles. The maximum Gasteiger partial charge on any atom is 0.446 e. The fourth-order valence-corrected chi connectivity index (χ4v) is 9.65. The molecule has 0 aliphatic carbocycles. The quantitative estimate of drug-likeness (QED) is 0.148. The van der Waals surface area contributed by atoms with Crippen molar-refractivity contribution >= 4 is 69.7 Å². The van der Waals surface area contributed by atoms with E-state index in [0.29, 0.717) is 31.4 Å². The number of carbonyl (C=O) groups is 1. The van der Waals surface area contributed by atoms with Gasteiger partial charge in [0.05, 0.1) is 20.3 Å². The zero-order chi connectivity index (χ0) is 48.4. The Morgan fingerprint density at radius 2 is 1.15 bits per heavy atom. The molecule has 25 nitrogen and oxygen atoms in total. The van der Waals surface area contributed by atoms with Crippen LogP contribution in [0.3, 0.4) is 0 Å². The fourth-order valence-electron chi connectivity index (χ4n) is 6.89. The summed E-state index contributed by atoms with van der Waals surface area (Å²) in [5, 5.41) is 34.2. The van der Waals surface area contributed by atoms with Gasteiger partial charge in [-0.15, -0.1) is 0 Å². The van der Waals surface area contributed by atoms with Crippen LogP contribution in [0.2, 0.25) is 0 Å². The third-order valence-electron chi connectivity index (χ3n) is 10.00. The van der Waals surface area contributed by atoms with Gasteiger partial charge in [-0.1, -0.05) is 10.3 Å². The van der Waals surface area contributed by atoms with Gasteiger partial charge in [0.25, 0.3) is 10.2 Å². The molecule has 0 saturated carbocycles. The highest BCUT2D eigenvalue weighted by atomic mass is 79.9. The topological polar surface area (TPSA) is 325 Å². The van der Waals surface area contributed by atoms with E-state index in [9.17, 15) is 40.0 Å². The maximum atomic E-state index is 13.7. The van der Waals surface area contributed by atoms with Crippen molar-refractivity contribution < 1.29 is 53.5 Å². The molecule has 4 aromatic heterocycles. The molecule has 0 unspecified atom stereocenters. The second kappa shape index (κ2) is 19.9. The predicted octanol–water partition coefficient (Wildman–Crippen LogP) is 3.18. The molecule has 2 aromatic carbocycles. The Hall–Kier alpha value is -5.73. The maximum absolute atomic E-state index is 13.7. The van der Waals surface area contributed by atoms with Crippen molar-refractivity contribution in [3.8, 4) is 34.4 Å². The molecule has 0 atom stereocenters. The molecular formula is C36H39Br2F2N13O12S2. The van der Waals surface area contributed by atoms with Crippen molar-refractivity contribution in [3.63, 3.8) is 0 Å². The van der Waals surface area contributed by atoms with Crippen molar-refractivity contribution in [2.75, 3.05) is 42.6 Å². The van der Waals surface area contributed by atoms with Crippen molar-refractivity contribution in [2.24, 2.45) is 5.14 Å². The summed E-state index contributed by atoms with van der Waals surface area (Å²) in [7, 11) is -7.57. The van der Waals surface area contributed by atoms with E-state index in [2.05, 4.69) is 73.4 Å². The zero-order valence-corrected chi connectivity index (χ0v) is 40.1. The van der Waals surface area contributed by atoms with Gasteiger partial charge in [-0.25, -0.2) is 54.6 Å². The largest absolute Gasteiger partial charge is 0.459 e. The van der Waals surface area contributed by atoms with E-state index in [1.165, 1.54) is 45.0 Å². The van der Waals surface area contributed by atoms with Gasteiger partial charge in [0, 0.05) is 38.3 Å². The Balaban J connectivity index is 0.000000203. The summed E-state index contributed by atoms with van der Waals surface area (Å²) < 4.78 is 105. The van der Waals surface area contributed by atoms with E-state index < -0.39 is 60.7 Å². The number of sulfonamides is 1. The van der Waals surface area contributed by atoms with Gasteiger partial charge in [-0.2, -0.15) is 12.7 Å². The molecule has 6 heterocycles. The van der Waals surface area contributed by atoms with Crippen molar-refractivity contribution in [1.82, 2.24) is 48.7 Å². The number of esters is 1. The minimum atomic E-state index is -3.84. The first-order valence-corrected chi connectivity index (χ1v) is 24.5. The average molecular weight is 1110 g/mol. The van der Waals surface area contributed by atoms with E-state index in [0.717, 1.165) is 9.13 Å². The number of benzene rings is 2. The molecule has 6 aromatic rings. The summed E-state index contributed by atoms with van der Waals surface area (Å²) in [6.07, 6.45) is 1.74. The Morgan fingerprint density at radius 3 is 1.54 bits per heavy atom. The van der Waals surface area contributed by atoms with Gasteiger partial charge >= 0.3 is 17.5 Å². The summed E-state index contributed by atoms with van der Waals surface area (Å²) in [5.41, 5.74) is -0.0390. The van der Waals surface area contributed by atoms with Gasteiger partial charge in [-0.05, 0) is 135 Å². The van der Waals surface area contributed by atoms with Crippen LogP contribution in [0.5, 0.6) is 0 Å². The average Bonchev–Trinajstić information content (AvgIpc) is 4.07. The number of rotatable bonds is 12. The van der Waals surface area contributed by atoms with Gasteiger partial charge in [-0.3, -0.25) is 13.8 Å². The Kier molecular flexibility index (Phi) is 14.6. The predicted molar refractivity (Wildman–Crippen MR) is 235 cm³/mol. The molecule has 0 amide bonds. The number of halogens is 4. The van der Waals surface area contributed by atoms with Crippen LogP contribution in [0.15, 0.2) is 73.2 Å². The zero-order valence-electron chi connectivity index (χ0n) is 35.3. The highest BCUT2D eigenvalue weighted by molar-refractivity contribution is 9.10. The fraction of sp³-hybridized carbons (Fsp3) is 0.417. The number of carbonyl (C=O) groups excluding carboxylic acids is 1. The van der Waals surface area contributed by atoms with Gasteiger partial charge in [0.2, 0.25) is 33.3 Å². The molecule has 67 heavy (non-hydrogen) atoms. The van der Waals surface area contributed by atoms with E-state index >= 15 is 0 Å². The van der Waals surface area contributed by atoms with Gasteiger partial charge < -0.3 is 15.4 Å². The number of ether oxygens (including phenoxy) is 1. The van der Waals surface area contributed by atoms with Crippen LogP contribution < -0.4 is 27.3 Å². The van der Waals surface area contributed by atoms with Gasteiger partial charge in [0.15, 0.2) is 17.1 Å². The van der Waals surface area contributed by atoms with Crippen molar-refractivity contribution in [3.05, 3.63) is 78.1 Å². The first kappa shape index (κ1) is 49.2. The van der Waals surface area contributed by atoms with E-state index in [1.54, 1.807) is 20.8 Å². The Labute approximate surface area is 394 Å². The smallest absolute Gasteiger partial charge is 0.446 e. The number of nitrogens with one attached hydrogen (secondary N) is 2. The first-order chi connectivity index (χ1) is 31.6. The number of nitrogens with two attached hydrogens (primary N) is 1. The van der Waals surface area contributed by atoms with E-state index in [-0.39, 0.29) is 87.6 Å². The summed E-state index contributed by atoms with van der Waals surface area (Å²) in [6.45, 7) is 5.82. The van der Waals surface area contributed by atoms with Crippen LogP contribution >= 0.6 is 31.9 Å². The highest BCUT2D eigenvalue weighted by Crippen LogP contribution is 2.30. The lowest BCUT2D eigenvalue weighted by Gasteiger charge is -2.31. The number of nitrogens with zero attached hydrogens (tertiary/aromatic N) is 10. The second-order valence-corrected chi connectivity index (χ2v) is 21.1. The summed E-state index contributed by atoms with van der Waals surface area (Å²) in [4.78, 5) is 36.6. The van der Waals surface area contributed by atoms with E-state index in [4.69, 9.17) is 28.2 Å². The number of hydrogen-bond acceptors (Lipinski definition) is 20. The molecule has 2 aliphatic heterocycles. The Bertz CT molecular complexity index is 3100. The minimum Gasteiger partial charge on any atom is -0.459 e. The molecule has 0 radical (unpaired) electrons. The lowest BCUT2D eigenvalue weighted by atomic mass is 10.1. The third kappa shape index (κ3) is 11.7. The van der Waals surface area contributed by atoms with Crippen LogP contribution in [0.25, 0.3) is 34.4 Å². The molecule has 4 N–H and O–H groups in total. The van der Waals surface area contributed by atoms with Crippen molar-refractivity contribution in [2.45, 2.75) is 64.1 Å². The molecule has 0 bridgehead atoms. The lowest BCUT2D eigenvalue weighted by Crippen LogP contribution is -2.45. The molecule has 0 spiro atoms. The number of piperidine rings is 2. The molecule has 360 valence electrons. The molecular weight excluding hydrogens is 1070 g/mol. The molecule has 2 aliphatic rings. The van der Waals surface area contributed by atoms with E-state index in [1.807, 2.05) is 0 Å². The van der Waals surface area contributed by atoms with Crippen LogP contribution in [0.1, 0.15) is 46.5 Å². The SMILES string of the molecule is CC(C)(C)OC(=O)CS(=O)(=O)N1CCC(Nc2nonc2-c2noc(=O)n2-c2ccc(F)c(Br)c2)CC1.NS(=O)(=O)N1CCC(Nc2nonc2-c2noc(=O)n2-c2ccc(F)c(Br)c2)CC1. The number of anilines is 2. The standard InChI is InChI=1S/C21H24BrFN6O7S.C15H15BrFN7O5S/c1-21(2,3)34-16(30)11-37(32,33)28-8-6-12(7-9-28)24-18-17(25-36-26-18)19-27-35-20(31)29(19)13-4-5-15(23)14(22)10-13;16-10-7-9(1-2-11(10)17)24-14(22-28-15(24)25)12-13(21-29-20-12)19-8-3-5-23(6-4-8)30(18,26)27/h4-5,10,12H,6-9,11H2,1-3H3,(H,24,26);1-2,7-8H,3-6H2,(H,19,21)(H2,18,26,27). The number of hydrogen-bond donors (Lipinski definition) is 3. The lowest BCUT2D eigenvalue weighted by molar-refractivity contribution is -0.151. The first-order valence-electron chi connectivity index (χ1n) is 19.8. The second-order valence-electron chi connectivity index (χ2n) is 15.9. The molecule has 31 heteroatoms. The summed E-state index contributed by atoms with van der Waals surface area (Å²) >= 11 is 6.15.